The fraction of sp³-hybridized carbons (Fsp3) is 0.429. The molecule has 0 radical (unpaired) electrons. The molecule has 0 spiro atoms. The van der Waals surface area contributed by atoms with Crippen LogP contribution in [0.4, 0.5) is 5.69 Å². The Hall–Kier alpha value is -1.86. The lowest BCUT2D eigenvalue weighted by Gasteiger charge is -2.12. The third-order valence-electron chi connectivity index (χ3n) is 2.57. The van der Waals surface area contributed by atoms with Gasteiger partial charge in [-0.2, -0.15) is 0 Å². The molecule has 0 aliphatic rings. The monoisotopic (exact) mass is 313 g/mol. The predicted octanol–water partition coefficient (Wildman–Crippen LogP) is 2.05. The lowest BCUT2D eigenvalue weighted by molar-refractivity contribution is -0.146. The van der Waals surface area contributed by atoms with Crippen LogP contribution in [-0.4, -0.2) is 30.3 Å². The Morgan fingerprint density at radius 3 is 2.24 bits per heavy atom. The van der Waals surface area contributed by atoms with E-state index < -0.39 is 11.9 Å². The van der Waals surface area contributed by atoms with Gasteiger partial charge in [0.15, 0.2) is 5.57 Å². The maximum absolute atomic E-state index is 11.9. The summed E-state index contributed by atoms with van der Waals surface area (Å²) in [7, 11) is 0. The molecule has 1 aromatic rings. The van der Waals surface area contributed by atoms with E-state index in [0.717, 1.165) is 0 Å². The fourth-order valence-electron chi connectivity index (χ4n) is 1.62. The quantitative estimate of drug-likeness (QED) is 0.347. The molecule has 1 heterocycles. The molecule has 1 aromatic heterocycles. The number of carbonyl (C=O) groups is 2. The Kier molecular flexibility index (Phi) is 6.90. The Balaban J connectivity index is 3.08. The zero-order chi connectivity index (χ0) is 15.8. The van der Waals surface area contributed by atoms with Crippen molar-refractivity contribution in [1.29, 1.82) is 0 Å². The zero-order valence-corrected chi connectivity index (χ0v) is 13.1. The number of nitrogens with one attached hydrogen (secondary N) is 1. The Labute approximate surface area is 127 Å². The number of hydrogen-bond donors (Lipinski definition) is 2. The molecule has 6 nitrogen and oxygen atoms in total. The summed E-state index contributed by atoms with van der Waals surface area (Å²) in [5, 5.41) is 15.7. The highest BCUT2D eigenvalue weighted by atomic mass is 32.1. The molecule has 0 atom stereocenters. The molecule has 0 unspecified atom stereocenters. The first-order valence-electron chi connectivity index (χ1n) is 6.53. The van der Waals surface area contributed by atoms with Crippen molar-refractivity contribution in [2.24, 2.45) is 0 Å². The van der Waals surface area contributed by atoms with Crippen LogP contribution in [0.25, 0.3) is 0 Å². The van der Waals surface area contributed by atoms with Crippen molar-refractivity contribution in [3.05, 3.63) is 27.6 Å². The number of carbonyl (C=O) groups excluding carboxylic acids is 2. The van der Waals surface area contributed by atoms with Crippen molar-refractivity contribution in [2.75, 3.05) is 18.5 Å². The summed E-state index contributed by atoms with van der Waals surface area (Å²) in [6.45, 7) is 5.10. The minimum atomic E-state index is -0.735. The molecule has 7 heteroatoms. The Morgan fingerprint density at radius 1 is 1.19 bits per heavy atom. The standard InChI is InChI=1S/C14H19NO5S/c1-4-19-13(17)12(14(18)20-5-2)9(3)15-11-8-21-7-10(11)6-16/h7-8,15-16H,4-6H2,1-3H3. The van der Waals surface area contributed by atoms with Gasteiger partial charge in [-0.25, -0.2) is 9.59 Å². The minimum absolute atomic E-state index is 0.132. The molecule has 2 N–H and O–H groups in total. The lowest BCUT2D eigenvalue weighted by Crippen LogP contribution is -2.22. The van der Waals surface area contributed by atoms with Crippen LogP contribution in [0.5, 0.6) is 0 Å². The molecule has 116 valence electrons. The number of allylic oxidation sites excluding steroid dienone is 1. The highest BCUT2D eigenvalue weighted by Crippen LogP contribution is 2.23. The van der Waals surface area contributed by atoms with Crippen LogP contribution in [0, 0.1) is 0 Å². The highest BCUT2D eigenvalue weighted by molar-refractivity contribution is 7.08. The minimum Gasteiger partial charge on any atom is -0.462 e. The van der Waals surface area contributed by atoms with E-state index >= 15 is 0 Å². The first-order chi connectivity index (χ1) is 10.0. The molecule has 0 aliphatic carbocycles. The summed E-state index contributed by atoms with van der Waals surface area (Å²) < 4.78 is 9.77. The van der Waals surface area contributed by atoms with E-state index in [0.29, 0.717) is 16.9 Å². The van der Waals surface area contributed by atoms with Crippen LogP contribution in [0.3, 0.4) is 0 Å². The van der Waals surface area contributed by atoms with Crippen LogP contribution >= 0.6 is 11.3 Å². The number of esters is 2. The van der Waals surface area contributed by atoms with Gasteiger partial charge in [0.25, 0.3) is 0 Å². The average molecular weight is 313 g/mol. The molecule has 0 bridgehead atoms. The van der Waals surface area contributed by atoms with Gasteiger partial charge in [0.05, 0.1) is 25.5 Å². The first-order valence-corrected chi connectivity index (χ1v) is 7.47. The van der Waals surface area contributed by atoms with Gasteiger partial charge in [-0.3, -0.25) is 0 Å². The van der Waals surface area contributed by atoms with Crippen LogP contribution in [0.1, 0.15) is 26.3 Å². The molecular formula is C14H19NO5S. The number of aliphatic hydroxyl groups excluding tert-OH is 1. The molecule has 21 heavy (non-hydrogen) atoms. The van der Waals surface area contributed by atoms with E-state index in [1.807, 2.05) is 0 Å². The summed E-state index contributed by atoms with van der Waals surface area (Å²) in [6.07, 6.45) is 0. The van der Waals surface area contributed by atoms with E-state index in [-0.39, 0.29) is 25.4 Å². The molecular weight excluding hydrogens is 294 g/mol. The van der Waals surface area contributed by atoms with Crippen molar-refractivity contribution in [3.8, 4) is 0 Å². The highest BCUT2D eigenvalue weighted by Gasteiger charge is 2.24. The van der Waals surface area contributed by atoms with Crippen molar-refractivity contribution in [3.63, 3.8) is 0 Å². The number of thiophene rings is 1. The van der Waals surface area contributed by atoms with Crippen molar-refractivity contribution in [2.45, 2.75) is 27.4 Å². The van der Waals surface area contributed by atoms with Crippen LogP contribution in [-0.2, 0) is 25.7 Å². The van der Waals surface area contributed by atoms with Crippen LogP contribution in [0.15, 0.2) is 22.0 Å². The van der Waals surface area contributed by atoms with Gasteiger partial charge in [0, 0.05) is 16.6 Å². The Bertz CT molecular complexity index is 515. The number of anilines is 1. The Morgan fingerprint density at radius 2 is 1.76 bits per heavy atom. The topological polar surface area (TPSA) is 84.9 Å². The van der Waals surface area contributed by atoms with E-state index in [4.69, 9.17) is 9.47 Å². The number of hydrogen-bond acceptors (Lipinski definition) is 7. The van der Waals surface area contributed by atoms with Crippen LogP contribution < -0.4 is 5.32 Å². The normalized spacial score (nSPS) is 9.90. The molecule has 0 saturated carbocycles. The summed E-state index contributed by atoms with van der Waals surface area (Å²) in [5.74, 6) is -1.47. The largest absolute Gasteiger partial charge is 0.462 e. The van der Waals surface area contributed by atoms with Gasteiger partial charge in [-0.15, -0.1) is 11.3 Å². The second-order valence-electron chi connectivity index (χ2n) is 4.03. The summed E-state index contributed by atoms with van der Waals surface area (Å²) in [4.78, 5) is 23.8. The van der Waals surface area contributed by atoms with Gasteiger partial charge in [0.2, 0.25) is 0 Å². The van der Waals surface area contributed by atoms with Gasteiger partial charge < -0.3 is 19.9 Å². The smallest absolute Gasteiger partial charge is 0.347 e. The van der Waals surface area contributed by atoms with Crippen molar-refractivity contribution >= 4 is 29.0 Å². The third kappa shape index (κ3) is 4.57. The number of rotatable bonds is 7. The predicted molar refractivity (Wildman–Crippen MR) is 79.8 cm³/mol. The maximum Gasteiger partial charge on any atom is 0.347 e. The van der Waals surface area contributed by atoms with Crippen molar-refractivity contribution < 1.29 is 24.2 Å². The number of aliphatic hydroxyl groups is 1. The average Bonchev–Trinajstić information content (AvgIpc) is 2.86. The zero-order valence-electron chi connectivity index (χ0n) is 12.3. The fourth-order valence-corrected chi connectivity index (χ4v) is 2.40. The van der Waals surface area contributed by atoms with Gasteiger partial charge in [0.1, 0.15) is 0 Å². The third-order valence-corrected chi connectivity index (χ3v) is 3.36. The van der Waals surface area contributed by atoms with E-state index in [9.17, 15) is 14.7 Å². The molecule has 0 fully saturated rings. The molecule has 0 saturated heterocycles. The molecule has 1 rings (SSSR count). The summed E-state index contributed by atoms with van der Waals surface area (Å²) >= 11 is 1.40. The maximum atomic E-state index is 11.9. The van der Waals surface area contributed by atoms with Crippen LogP contribution in [0.2, 0.25) is 0 Å². The van der Waals surface area contributed by atoms with Gasteiger partial charge in [-0.1, -0.05) is 0 Å². The van der Waals surface area contributed by atoms with E-state index in [1.54, 1.807) is 31.5 Å². The first kappa shape index (κ1) is 17.2. The molecule has 0 aliphatic heterocycles. The van der Waals surface area contributed by atoms with Gasteiger partial charge >= 0.3 is 11.9 Å². The molecule has 0 amide bonds. The summed E-state index contributed by atoms with van der Waals surface area (Å²) in [5.41, 5.74) is 1.48. The van der Waals surface area contributed by atoms with E-state index in [1.165, 1.54) is 11.3 Å². The molecule has 0 aromatic carbocycles. The van der Waals surface area contributed by atoms with E-state index in [2.05, 4.69) is 5.32 Å². The summed E-state index contributed by atoms with van der Waals surface area (Å²) in [6, 6.07) is 0. The second kappa shape index (κ2) is 8.43. The van der Waals surface area contributed by atoms with Crippen molar-refractivity contribution in [1.82, 2.24) is 0 Å². The van der Waals surface area contributed by atoms with Gasteiger partial charge in [-0.05, 0) is 26.2 Å². The second-order valence-corrected chi connectivity index (χ2v) is 4.78. The SMILES string of the molecule is CCOC(=O)C(C(=O)OCC)=C(C)Nc1cscc1CO. The number of ether oxygens (including phenoxy) is 2. The lowest BCUT2D eigenvalue weighted by atomic mass is 10.2.